The summed E-state index contributed by atoms with van der Waals surface area (Å²) >= 11 is 6.07. The SMILES string of the molecule is O=C(CCc1nnc(-c2ccncc2)o1)N1CCN(c2cccc(Cl)c2)CC1. The standard InChI is InChI=1S/C20H20ClN5O2/c21-16-2-1-3-17(14-16)25-10-12-26(13-11-25)19(27)5-4-18-23-24-20(28-18)15-6-8-22-9-7-15/h1-3,6-9,14H,4-5,10-13H2. The van der Waals surface area contributed by atoms with Crippen molar-refractivity contribution < 1.29 is 9.21 Å². The lowest BCUT2D eigenvalue weighted by Crippen LogP contribution is -2.48. The minimum atomic E-state index is 0.106. The number of halogens is 1. The summed E-state index contributed by atoms with van der Waals surface area (Å²) in [5, 5.41) is 8.81. The van der Waals surface area contributed by atoms with E-state index in [1.54, 1.807) is 12.4 Å². The summed E-state index contributed by atoms with van der Waals surface area (Å²) in [5.74, 6) is 1.02. The number of piperazine rings is 1. The Morgan fingerprint density at radius 2 is 1.86 bits per heavy atom. The molecule has 3 heterocycles. The second kappa shape index (κ2) is 8.39. The van der Waals surface area contributed by atoms with Crippen LogP contribution in [0.5, 0.6) is 0 Å². The molecule has 1 fully saturated rings. The van der Waals surface area contributed by atoms with Crippen molar-refractivity contribution in [2.45, 2.75) is 12.8 Å². The van der Waals surface area contributed by atoms with Crippen molar-refractivity contribution in [1.29, 1.82) is 0 Å². The zero-order chi connectivity index (χ0) is 19.3. The third-order valence-corrected chi connectivity index (χ3v) is 4.99. The van der Waals surface area contributed by atoms with E-state index in [-0.39, 0.29) is 5.91 Å². The number of hydrogen-bond acceptors (Lipinski definition) is 6. The van der Waals surface area contributed by atoms with E-state index in [9.17, 15) is 4.79 Å². The van der Waals surface area contributed by atoms with E-state index in [0.717, 1.165) is 29.4 Å². The average molecular weight is 398 g/mol. The monoisotopic (exact) mass is 397 g/mol. The van der Waals surface area contributed by atoms with Crippen LogP contribution in [0.4, 0.5) is 5.69 Å². The third kappa shape index (κ3) is 4.31. The van der Waals surface area contributed by atoms with E-state index in [1.807, 2.05) is 41.3 Å². The van der Waals surface area contributed by atoms with Crippen LogP contribution >= 0.6 is 11.6 Å². The number of rotatable bonds is 5. The lowest BCUT2D eigenvalue weighted by molar-refractivity contribution is -0.131. The minimum Gasteiger partial charge on any atom is -0.421 e. The van der Waals surface area contributed by atoms with Gasteiger partial charge in [-0.05, 0) is 30.3 Å². The Morgan fingerprint density at radius 1 is 1.07 bits per heavy atom. The molecule has 2 aromatic heterocycles. The van der Waals surface area contributed by atoms with Crippen LogP contribution in [-0.2, 0) is 11.2 Å². The number of benzene rings is 1. The van der Waals surface area contributed by atoms with Crippen molar-refractivity contribution in [3.63, 3.8) is 0 Å². The van der Waals surface area contributed by atoms with E-state index in [4.69, 9.17) is 16.0 Å². The highest BCUT2D eigenvalue weighted by atomic mass is 35.5. The number of carbonyl (C=O) groups excluding carboxylic acids is 1. The van der Waals surface area contributed by atoms with Gasteiger partial charge in [-0.2, -0.15) is 0 Å². The number of aromatic nitrogens is 3. The fourth-order valence-corrected chi connectivity index (χ4v) is 3.41. The van der Waals surface area contributed by atoms with Crippen LogP contribution in [0.2, 0.25) is 5.02 Å². The Hall–Kier alpha value is -2.93. The molecule has 0 radical (unpaired) electrons. The third-order valence-electron chi connectivity index (χ3n) is 4.75. The predicted octanol–water partition coefficient (Wildman–Crippen LogP) is 3.07. The van der Waals surface area contributed by atoms with Gasteiger partial charge in [0, 0.05) is 67.7 Å². The van der Waals surface area contributed by atoms with E-state index in [1.165, 1.54) is 0 Å². The van der Waals surface area contributed by atoms with Crippen molar-refractivity contribution in [1.82, 2.24) is 20.1 Å². The molecule has 1 aliphatic heterocycles. The van der Waals surface area contributed by atoms with Crippen LogP contribution in [0.1, 0.15) is 12.3 Å². The summed E-state index contributed by atoms with van der Waals surface area (Å²) in [6.45, 7) is 2.96. The van der Waals surface area contributed by atoms with Gasteiger partial charge in [0.2, 0.25) is 17.7 Å². The number of pyridine rings is 1. The van der Waals surface area contributed by atoms with Gasteiger partial charge in [0.05, 0.1) is 0 Å². The molecule has 7 nitrogen and oxygen atoms in total. The van der Waals surface area contributed by atoms with E-state index in [0.29, 0.717) is 37.7 Å². The molecule has 1 amide bonds. The van der Waals surface area contributed by atoms with Crippen molar-refractivity contribution in [3.05, 3.63) is 59.7 Å². The number of hydrogen-bond donors (Lipinski definition) is 0. The van der Waals surface area contributed by atoms with Crippen LogP contribution in [0.3, 0.4) is 0 Å². The maximum Gasteiger partial charge on any atom is 0.247 e. The molecule has 144 valence electrons. The van der Waals surface area contributed by atoms with Gasteiger partial charge < -0.3 is 14.2 Å². The largest absolute Gasteiger partial charge is 0.421 e. The lowest BCUT2D eigenvalue weighted by atomic mass is 10.2. The Balaban J connectivity index is 1.28. The van der Waals surface area contributed by atoms with Crippen LogP contribution in [-0.4, -0.2) is 52.2 Å². The molecule has 1 aromatic carbocycles. The highest BCUT2D eigenvalue weighted by molar-refractivity contribution is 6.30. The van der Waals surface area contributed by atoms with Gasteiger partial charge in [0.1, 0.15) is 0 Å². The summed E-state index contributed by atoms with van der Waals surface area (Å²) in [5.41, 5.74) is 1.91. The fraction of sp³-hybridized carbons (Fsp3) is 0.300. The zero-order valence-electron chi connectivity index (χ0n) is 15.3. The molecule has 0 atom stereocenters. The van der Waals surface area contributed by atoms with Crippen molar-refractivity contribution in [2.75, 3.05) is 31.1 Å². The smallest absolute Gasteiger partial charge is 0.247 e. The zero-order valence-corrected chi connectivity index (χ0v) is 16.0. The van der Waals surface area contributed by atoms with Gasteiger partial charge in [-0.1, -0.05) is 17.7 Å². The van der Waals surface area contributed by atoms with Crippen molar-refractivity contribution >= 4 is 23.2 Å². The number of nitrogens with zero attached hydrogens (tertiary/aromatic N) is 5. The number of aryl methyl sites for hydroxylation is 1. The fourth-order valence-electron chi connectivity index (χ4n) is 3.22. The highest BCUT2D eigenvalue weighted by Gasteiger charge is 2.22. The number of amides is 1. The van der Waals surface area contributed by atoms with Crippen molar-refractivity contribution in [2.24, 2.45) is 0 Å². The molecule has 0 N–H and O–H groups in total. The topological polar surface area (TPSA) is 75.4 Å². The average Bonchev–Trinajstić information content (AvgIpc) is 3.22. The van der Waals surface area contributed by atoms with Crippen LogP contribution in [0.25, 0.3) is 11.5 Å². The lowest BCUT2D eigenvalue weighted by Gasteiger charge is -2.36. The Labute approximate surface area is 168 Å². The molecule has 0 bridgehead atoms. The Morgan fingerprint density at radius 3 is 2.61 bits per heavy atom. The molecule has 8 heteroatoms. The maximum absolute atomic E-state index is 12.5. The molecular formula is C20H20ClN5O2. The first-order valence-corrected chi connectivity index (χ1v) is 9.58. The van der Waals surface area contributed by atoms with Gasteiger partial charge in [-0.15, -0.1) is 10.2 Å². The van der Waals surface area contributed by atoms with Gasteiger partial charge in [0.15, 0.2) is 0 Å². The van der Waals surface area contributed by atoms with Crippen LogP contribution in [0.15, 0.2) is 53.2 Å². The predicted molar refractivity (Wildman–Crippen MR) is 106 cm³/mol. The molecule has 1 saturated heterocycles. The van der Waals surface area contributed by atoms with Crippen LogP contribution < -0.4 is 4.90 Å². The second-order valence-electron chi connectivity index (χ2n) is 6.58. The summed E-state index contributed by atoms with van der Waals surface area (Å²) in [6.07, 6.45) is 4.14. The van der Waals surface area contributed by atoms with E-state index >= 15 is 0 Å². The number of carbonyl (C=O) groups is 1. The summed E-state index contributed by atoms with van der Waals surface area (Å²) in [4.78, 5) is 20.6. The Kier molecular flexibility index (Phi) is 5.53. The molecule has 0 aliphatic carbocycles. The summed E-state index contributed by atoms with van der Waals surface area (Å²) in [7, 11) is 0. The summed E-state index contributed by atoms with van der Waals surface area (Å²) < 4.78 is 5.65. The molecule has 0 spiro atoms. The molecule has 4 rings (SSSR count). The van der Waals surface area contributed by atoms with Gasteiger partial charge >= 0.3 is 0 Å². The second-order valence-corrected chi connectivity index (χ2v) is 7.02. The van der Waals surface area contributed by atoms with E-state index < -0.39 is 0 Å². The quantitative estimate of drug-likeness (QED) is 0.658. The maximum atomic E-state index is 12.5. The Bertz CT molecular complexity index is 939. The molecule has 0 unspecified atom stereocenters. The molecule has 3 aromatic rings. The molecule has 1 aliphatic rings. The van der Waals surface area contributed by atoms with E-state index in [2.05, 4.69) is 20.1 Å². The first-order valence-electron chi connectivity index (χ1n) is 9.20. The first-order chi connectivity index (χ1) is 13.7. The van der Waals surface area contributed by atoms with Gasteiger partial charge in [-0.3, -0.25) is 9.78 Å². The molecular weight excluding hydrogens is 378 g/mol. The van der Waals surface area contributed by atoms with Crippen LogP contribution in [0, 0.1) is 0 Å². The minimum absolute atomic E-state index is 0.106. The normalized spacial score (nSPS) is 14.3. The molecule has 28 heavy (non-hydrogen) atoms. The summed E-state index contributed by atoms with van der Waals surface area (Å²) in [6, 6.07) is 11.4. The van der Waals surface area contributed by atoms with Gasteiger partial charge in [0.25, 0.3) is 0 Å². The van der Waals surface area contributed by atoms with Gasteiger partial charge in [-0.25, -0.2) is 0 Å². The number of anilines is 1. The van der Waals surface area contributed by atoms with Crippen molar-refractivity contribution in [3.8, 4) is 11.5 Å². The molecule has 0 saturated carbocycles. The highest BCUT2D eigenvalue weighted by Crippen LogP contribution is 2.21. The first kappa shape index (κ1) is 18.4.